The Hall–Kier alpha value is -1.46. The van der Waals surface area contributed by atoms with Crippen molar-refractivity contribution in [3.05, 3.63) is 29.3 Å². The molecule has 0 amide bonds. The highest BCUT2D eigenvalue weighted by Crippen LogP contribution is 2.27. The van der Waals surface area contributed by atoms with Gasteiger partial charge < -0.3 is 10.1 Å². The zero-order chi connectivity index (χ0) is 14.9. The zero-order valence-electron chi connectivity index (χ0n) is 12.8. The standard InChI is InChI=1S/C16H23N3OS/c1-3-11-20-14-8-5-7-13(12-14)16-19-18-15(21-16)9-6-10-17-4-2/h5,7-8,12,17H,3-4,6,9-11H2,1-2H3. The lowest BCUT2D eigenvalue weighted by Gasteiger charge is -2.05. The van der Waals surface area contributed by atoms with Gasteiger partial charge in [-0.1, -0.05) is 37.3 Å². The topological polar surface area (TPSA) is 47.0 Å². The lowest BCUT2D eigenvalue weighted by atomic mass is 10.2. The van der Waals surface area contributed by atoms with Crippen LogP contribution in [0.5, 0.6) is 5.75 Å². The number of hydrogen-bond acceptors (Lipinski definition) is 5. The van der Waals surface area contributed by atoms with Crippen molar-refractivity contribution < 1.29 is 4.74 Å². The van der Waals surface area contributed by atoms with Gasteiger partial charge in [0.1, 0.15) is 15.8 Å². The van der Waals surface area contributed by atoms with Crippen molar-refractivity contribution in [2.75, 3.05) is 19.7 Å². The molecule has 114 valence electrons. The van der Waals surface area contributed by atoms with Crippen LogP contribution in [0.25, 0.3) is 10.6 Å². The third-order valence-electron chi connectivity index (χ3n) is 3.01. The van der Waals surface area contributed by atoms with E-state index in [2.05, 4.69) is 35.4 Å². The average Bonchev–Trinajstić information content (AvgIpc) is 2.99. The maximum Gasteiger partial charge on any atom is 0.147 e. The van der Waals surface area contributed by atoms with Gasteiger partial charge in [0.25, 0.3) is 0 Å². The molecule has 0 saturated heterocycles. The number of rotatable bonds is 9. The zero-order valence-corrected chi connectivity index (χ0v) is 13.6. The molecule has 2 aromatic rings. The fourth-order valence-corrected chi connectivity index (χ4v) is 2.83. The van der Waals surface area contributed by atoms with Gasteiger partial charge in [-0.2, -0.15) is 0 Å². The summed E-state index contributed by atoms with van der Waals surface area (Å²) in [5.41, 5.74) is 1.08. The number of hydrogen-bond donors (Lipinski definition) is 1. The highest BCUT2D eigenvalue weighted by molar-refractivity contribution is 7.14. The Balaban J connectivity index is 1.96. The summed E-state index contributed by atoms with van der Waals surface area (Å²) in [5, 5.41) is 14.0. The first kappa shape index (κ1) is 15.9. The first-order chi connectivity index (χ1) is 10.3. The van der Waals surface area contributed by atoms with E-state index in [1.165, 1.54) is 0 Å². The quantitative estimate of drug-likeness (QED) is 0.720. The predicted octanol–water partition coefficient (Wildman–Crippen LogP) is 3.54. The van der Waals surface area contributed by atoms with E-state index in [9.17, 15) is 0 Å². The van der Waals surface area contributed by atoms with E-state index in [1.54, 1.807) is 11.3 Å². The molecular formula is C16H23N3OS. The molecule has 0 atom stereocenters. The minimum absolute atomic E-state index is 0.745. The van der Waals surface area contributed by atoms with Crippen LogP contribution >= 0.6 is 11.3 Å². The summed E-state index contributed by atoms with van der Waals surface area (Å²) in [6.45, 7) is 7.03. The van der Waals surface area contributed by atoms with Crippen molar-refractivity contribution in [2.45, 2.75) is 33.1 Å². The Labute approximate surface area is 130 Å². The van der Waals surface area contributed by atoms with Crippen LogP contribution in [0.4, 0.5) is 0 Å². The largest absolute Gasteiger partial charge is 0.494 e. The molecule has 21 heavy (non-hydrogen) atoms. The van der Waals surface area contributed by atoms with Crippen molar-refractivity contribution >= 4 is 11.3 Å². The van der Waals surface area contributed by atoms with Crippen LogP contribution in [0.2, 0.25) is 0 Å². The molecule has 4 nitrogen and oxygen atoms in total. The molecule has 1 N–H and O–H groups in total. The highest BCUT2D eigenvalue weighted by atomic mass is 32.1. The fraction of sp³-hybridized carbons (Fsp3) is 0.500. The molecule has 5 heteroatoms. The van der Waals surface area contributed by atoms with Crippen molar-refractivity contribution in [1.29, 1.82) is 0 Å². The Morgan fingerprint density at radius 3 is 2.95 bits per heavy atom. The van der Waals surface area contributed by atoms with Gasteiger partial charge in [-0.15, -0.1) is 10.2 Å². The number of benzene rings is 1. The minimum atomic E-state index is 0.745. The van der Waals surface area contributed by atoms with Crippen molar-refractivity contribution in [3.63, 3.8) is 0 Å². The molecule has 0 aliphatic heterocycles. The Kier molecular flexibility index (Phi) is 6.63. The number of aromatic nitrogens is 2. The van der Waals surface area contributed by atoms with Gasteiger partial charge in [0, 0.05) is 12.0 Å². The van der Waals surface area contributed by atoms with Crippen LogP contribution in [-0.2, 0) is 6.42 Å². The SMILES string of the molecule is CCCOc1cccc(-c2nnc(CCCNCC)s2)c1. The summed E-state index contributed by atoms with van der Waals surface area (Å²) in [4.78, 5) is 0. The molecule has 1 heterocycles. The van der Waals surface area contributed by atoms with Crippen molar-refractivity contribution in [2.24, 2.45) is 0 Å². The highest BCUT2D eigenvalue weighted by Gasteiger charge is 2.07. The van der Waals surface area contributed by atoms with Gasteiger partial charge in [0.15, 0.2) is 0 Å². The molecule has 0 saturated carbocycles. The average molecular weight is 305 g/mol. The summed E-state index contributed by atoms with van der Waals surface area (Å²) in [7, 11) is 0. The number of aryl methyl sites for hydroxylation is 1. The van der Waals surface area contributed by atoms with Gasteiger partial charge >= 0.3 is 0 Å². The third kappa shape index (κ3) is 5.10. The van der Waals surface area contributed by atoms with E-state index >= 15 is 0 Å². The Morgan fingerprint density at radius 1 is 1.24 bits per heavy atom. The number of ether oxygens (including phenoxy) is 1. The normalized spacial score (nSPS) is 10.8. The third-order valence-corrected chi connectivity index (χ3v) is 4.05. The van der Waals surface area contributed by atoms with E-state index in [0.29, 0.717) is 0 Å². The second-order valence-electron chi connectivity index (χ2n) is 4.83. The molecule has 2 rings (SSSR count). The summed E-state index contributed by atoms with van der Waals surface area (Å²) in [6, 6.07) is 8.09. The van der Waals surface area contributed by atoms with Crippen LogP contribution < -0.4 is 10.1 Å². The van der Waals surface area contributed by atoms with E-state index in [1.807, 2.05) is 18.2 Å². The van der Waals surface area contributed by atoms with Gasteiger partial charge in [0.05, 0.1) is 6.61 Å². The molecule has 0 aliphatic rings. The molecule has 0 bridgehead atoms. The lowest BCUT2D eigenvalue weighted by Crippen LogP contribution is -2.14. The van der Waals surface area contributed by atoms with Gasteiger partial charge in [-0.05, 0) is 38.1 Å². The summed E-state index contributed by atoms with van der Waals surface area (Å²) < 4.78 is 5.66. The summed E-state index contributed by atoms with van der Waals surface area (Å²) in [6.07, 6.45) is 3.10. The van der Waals surface area contributed by atoms with Crippen LogP contribution in [0.3, 0.4) is 0 Å². The van der Waals surface area contributed by atoms with E-state index in [0.717, 1.165) is 60.3 Å². The monoisotopic (exact) mass is 305 g/mol. The van der Waals surface area contributed by atoms with Gasteiger partial charge in [0.2, 0.25) is 0 Å². The van der Waals surface area contributed by atoms with Crippen LogP contribution in [-0.4, -0.2) is 29.9 Å². The fourth-order valence-electron chi connectivity index (χ4n) is 1.95. The van der Waals surface area contributed by atoms with E-state index in [-0.39, 0.29) is 0 Å². The van der Waals surface area contributed by atoms with Gasteiger partial charge in [-0.3, -0.25) is 0 Å². The maximum absolute atomic E-state index is 5.66. The molecule has 0 fully saturated rings. The van der Waals surface area contributed by atoms with E-state index in [4.69, 9.17) is 4.74 Å². The maximum atomic E-state index is 5.66. The molecular weight excluding hydrogens is 282 g/mol. The van der Waals surface area contributed by atoms with Crippen LogP contribution in [0.1, 0.15) is 31.7 Å². The second kappa shape index (κ2) is 8.74. The van der Waals surface area contributed by atoms with Crippen LogP contribution in [0.15, 0.2) is 24.3 Å². The molecule has 1 aromatic heterocycles. The van der Waals surface area contributed by atoms with Crippen molar-refractivity contribution in [3.8, 4) is 16.3 Å². The summed E-state index contributed by atoms with van der Waals surface area (Å²) in [5.74, 6) is 0.901. The van der Waals surface area contributed by atoms with Crippen molar-refractivity contribution in [1.82, 2.24) is 15.5 Å². The summed E-state index contributed by atoms with van der Waals surface area (Å²) >= 11 is 1.67. The van der Waals surface area contributed by atoms with E-state index < -0.39 is 0 Å². The minimum Gasteiger partial charge on any atom is -0.494 e. The molecule has 0 unspecified atom stereocenters. The Bertz CT molecular complexity index is 542. The molecule has 1 aromatic carbocycles. The molecule has 0 radical (unpaired) electrons. The lowest BCUT2D eigenvalue weighted by molar-refractivity contribution is 0.317. The van der Waals surface area contributed by atoms with Gasteiger partial charge in [-0.25, -0.2) is 0 Å². The number of nitrogens with zero attached hydrogens (tertiary/aromatic N) is 2. The second-order valence-corrected chi connectivity index (χ2v) is 5.90. The first-order valence-corrected chi connectivity index (χ1v) is 8.41. The predicted molar refractivity (Wildman–Crippen MR) is 88.0 cm³/mol. The van der Waals surface area contributed by atoms with Crippen LogP contribution in [0, 0.1) is 0 Å². The number of nitrogens with one attached hydrogen (secondary N) is 1. The first-order valence-electron chi connectivity index (χ1n) is 7.59. The smallest absolute Gasteiger partial charge is 0.147 e. The Morgan fingerprint density at radius 2 is 2.14 bits per heavy atom. The molecule has 0 aliphatic carbocycles. The molecule has 0 spiro atoms.